The second-order valence-corrected chi connectivity index (χ2v) is 12.4. The van der Waals surface area contributed by atoms with Gasteiger partial charge in [-0.1, -0.05) is 37.0 Å². The Bertz CT molecular complexity index is 1130. The van der Waals surface area contributed by atoms with Crippen LogP contribution in [0.25, 0.3) is 0 Å². The molecule has 1 amide bonds. The minimum atomic E-state index is -4.96. The van der Waals surface area contributed by atoms with E-state index in [0.29, 0.717) is 19.1 Å². The summed E-state index contributed by atoms with van der Waals surface area (Å²) in [6.07, 6.45) is -0.680. The van der Waals surface area contributed by atoms with Crippen molar-refractivity contribution < 1.29 is 32.6 Å². The van der Waals surface area contributed by atoms with E-state index in [0.717, 1.165) is 17.7 Å². The number of carbonyl (C=O) groups excluding carboxylic acids is 2. The summed E-state index contributed by atoms with van der Waals surface area (Å²) in [5, 5.41) is 21.4. The van der Waals surface area contributed by atoms with E-state index < -0.39 is 35.5 Å². The fraction of sp³-hybridized carbons (Fsp3) is 0.643. The molecule has 1 atom stereocenters. The van der Waals surface area contributed by atoms with Gasteiger partial charge in [-0.15, -0.1) is 0 Å². The topological polar surface area (TPSA) is 116 Å². The summed E-state index contributed by atoms with van der Waals surface area (Å²) < 4.78 is 48.1. The number of carbonyl (C=O) groups is 2. The highest BCUT2D eigenvalue weighted by Gasteiger charge is 2.43. The van der Waals surface area contributed by atoms with Gasteiger partial charge in [0, 0.05) is 36.8 Å². The number of hydrogen-bond donors (Lipinski definition) is 3. The number of alkyl halides is 3. The van der Waals surface area contributed by atoms with Crippen LogP contribution in [0.1, 0.15) is 71.0 Å². The Balaban J connectivity index is 1.88. The molecule has 1 aromatic heterocycles. The summed E-state index contributed by atoms with van der Waals surface area (Å²) >= 11 is 12.4. The second kappa shape index (κ2) is 13.7. The molecule has 0 spiro atoms. The Labute approximate surface area is 248 Å². The van der Waals surface area contributed by atoms with E-state index in [1.165, 1.54) is 12.4 Å². The van der Waals surface area contributed by atoms with Crippen molar-refractivity contribution in [2.75, 3.05) is 19.7 Å². The molecule has 1 heterocycles. The molecule has 2 fully saturated rings. The first-order valence-electron chi connectivity index (χ1n) is 13.7. The van der Waals surface area contributed by atoms with E-state index in [4.69, 9.17) is 33.3 Å². The molecule has 2 aliphatic carbocycles. The van der Waals surface area contributed by atoms with Crippen LogP contribution in [0, 0.1) is 22.7 Å². The first kappa shape index (κ1) is 33.1. The zero-order valence-electron chi connectivity index (χ0n) is 23.4. The van der Waals surface area contributed by atoms with Gasteiger partial charge in [0.25, 0.3) is 5.91 Å². The number of nitrogens with zero attached hydrogens (tertiary/aromatic N) is 2. The van der Waals surface area contributed by atoms with E-state index in [1.807, 2.05) is 0 Å². The molecule has 1 unspecified atom stereocenters. The van der Waals surface area contributed by atoms with Crippen LogP contribution in [-0.2, 0) is 14.3 Å². The number of rotatable bonds is 11. The molecule has 3 rings (SSSR count). The first-order chi connectivity index (χ1) is 19.2. The largest absolute Gasteiger partial charge is 0.466 e. The zero-order valence-corrected chi connectivity index (χ0v) is 24.9. The highest BCUT2D eigenvalue weighted by Crippen LogP contribution is 2.45. The molecule has 2 aliphatic rings. The van der Waals surface area contributed by atoms with Crippen LogP contribution in [-0.4, -0.2) is 65.0 Å². The average Bonchev–Trinajstić information content (AvgIpc) is 2.86. The van der Waals surface area contributed by atoms with Gasteiger partial charge >= 0.3 is 12.1 Å². The summed E-state index contributed by atoms with van der Waals surface area (Å²) in [5.41, 5.74) is -2.02. The van der Waals surface area contributed by atoms with Crippen LogP contribution in [0.2, 0.25) is 10.0 Å². The molecule has 41 heavy (non-hydrogen) atoms. The molecule has 0 saturated heterocycles. The summed E-state index contributed by atoms with van der Waals surface area (Å²) in [5.74, 6) is -1.77. The molecule has 13 heteroatoms. The lowest BCUT2D eigenvalue weighted by Gasteiger charge is -2.45. The van der Waals surface area contributed by atoms with Crippen LogP contribution in [0.4, 0.5) is 13.2 Å². The van der Waals surface area contributed by atoms with E-state index in [2.05, 4.69) is 24.1 Å². The highest BCUT2D eigenvalue weighted by molar-refractivity contribution is 6.35. The van der Waals surface area contributed by atoms with Gasteiger partial charge in [0.05, 0.1) is 40.8 Å². The normalized spacial score (nSPS) is 22.2. The lowest BCUT2D eigenvalue weighted by Crippen LogP contribution is -2.46. The number of halogens is 5. The molecule has 3 N–H and O–H groups in total. The van der Waals surface area contributed by atoms with E-state index in [-0.39, 0.29) is 71.4 Å². The minimum Gasteiger partial charge on any atom is -0.466 e. The van der Waals surface area contributed by atoms with Gasteiger partial charge in [-0.25, -0.2) is 0 Å². The summed E-state index contributed by atoms with van der Waals surface area (Å²) in [6, 6.07) is -0.652. The monoisotopic (exact) mass is 620 g/mol. The predicted octanol–water partition coefficient (Wildman–Crippen LogP) is 5.86. The summed E-state index contributed by atoms with van der Waals surface area (Å²) in [4.78, 5) is 30.7. The fourth-order valence-corrected chi connectivity index (χ4v) is 6.50. The van der Waals surface area contributed by atoms with Crippen molar-refractivity contribution in [3.05, 3.63) is 39.3 Å². The van der Waals surface area contributed by atoms with Gasteiger partial charge in [0.2, 0.25) is 0 Å². The smallest absolute Gasteiger partial charge is 0.431 e. The lowest BCUT2D eigenvalue weighted by atomic mass is 9.64. The van der Waals surface area contributed by atoms with Crippen LogP contribution in [0.3, 0.4) is 0 Å². The Morgan fingerprint density at radius 1 is 1.22 bits per heavy atom. The molecule has 0 aromatic carbocycles. The summed E-state index contributed by atoms with van der Waals surface area (Å²) in [7, 11) is 0. The number of hydrogen-bond acceptors (Lipinski definition) is 7. The number of ether oxygens (including phenoxy) is 1. The SMILES string of the molecule is CCOC(=O)[C@H]1CC[C@H](N/C(=C(\C=N)C(=O)N(CC2CC(C)(C)C2)CC(O)c2c(Cl)cncc2Cl)C(F)(F)F)CC1. The van der Waals surface area contributed by atoms with Crippen molar-refractivity contribution in [3.8, 4) is 0 Å². The molecule has 0 bridgehead atoms. The van der Waals surface area contributed by atoms with Gasteiger partial charge in [-0.3, -0.25) is 14.6 Å². The van der Waals surface area contributed by atoms with Gasteiger partial charge in [0.15, 0.2) is 0 Å². The maximum absolute atomic E-state index is 14.4. The summed E-state index contributed by atoms with van der Waals surface area (Å²) in [6.45, 7) is 5.75. The fourth-order valence-electron chi connectivity index (χ4n) is 5.89. The number of aliphatic hydroxyl groups excluding tert-OH is 1. The maximum atomic E-state index is 14.4. The zero-order chi connectivity index (χ0) is 30.5. The Kier molecular flexibility index (Phi) is 11.1. The van der Waals surface area contributed by atoms with Gasteiger partial charge in [0.1, 0.15) is 5.70 Å². The number of aromatic nitrogens is 1. The molecule has 2 saturated carbocycles. The van der Waals surface area contributed by atoms with Crippen molar-refractivity contribution in [1.29, 1.82) is 5.41 Å². The van der Waals surface area contributed by atoms with Crippen LogP contribution in [0.15, 0.2) is 23.7 Å². The molecule has 8 nitrogen and oxygen atoms in total. The molecular formula is C28H37Cl2F3N4O4. The highest BCUT2D eigenvalue weighted by atomic mass is 35.5. The van der Waals surface area contributed by atoms with Crippen LogP contribution < -0.4 is 5.32 Å². The quantitative estimate of drug-likeness (QED) is 0.162. The van der Waals surface area contributed by atoms with Crippen LogP contribution >= 0.6 is 23.2 Å². The van der Waals surface area contributed by atoms with Crippen LogP contribution in [0.5, 0.6) is 0 Å². The average molecular weight is 622 g/mol. The van der Waals surface area contributed by atoms with E-state index in [1.54, 1.807) is 6.92 Å². The van der Waals surface area contributed by atoms with E-state index >= 15 is 0 Å². The minimum absolute atomic E-state index is 0.0111. The molecule has 0 radical (unpaired) electrons. The van der Waals surface area contributed by atoms with Gasteiger partial charge < -0.3 is 25.5 Å². The van der Waals surface area contributed by atoms with Crippen molar-refractivity contribution >= 4 is 41.3 Å². The number of amides is 1. The number of aliphatic hydroxyl groups is 1. The van der Waals surface area contributed by atoms with Crippen molar-refractivity contribution in [1.82, 2.24) is 15.2 Å². The second-order valence-electron chi connectivity index (χ2n) is 11.6. The molecular weight excluding hydrogens is 584 g/mol. The third kappa shape index (κ3) is 8.58. The Morgan fingerprint density at radius 3 is 2.29 bits per heavy atom. The molecule has 228 valence electrons. The maximum Gasteiger partial charge on any atom is 0.431 e. The van der Waals surface area contributed by atoms with E-state index in [9.17, 15) is 27.9 Å². The first-order valence-corrected chi connectivity index (χ1v) is 14.4. The number of esters is 1. The van der Waals surface area contributed by atoms with Gasteiger partial charge in [-0.2, -0.15) is 13.2 Å². The number of allylic oxidation sites excluding steroid dienone is 1. The molecule has 1 aromatic rings. The van der Waals surface area contributed by atoms with Crippen molar-refractivity contribution in [2.45, 2.75) is 77.6 Å². The third-order valence-electron chi connectivity index (χ3n) is 7.69. The van der Waals surface area contributed by atoms with Crippen molar-refractivity contribution in [3.63, 3.8) is 0 Å². The predicted molar refractivity (Wildman–Crippen MR) is 150 cm³/mol. The van der Waals surface area contributed by atoms with Gasteiger partial charge in [-0.05, 0) is 56.8 Å². The molecule has 0 aliphatic heterocycles. The Morgan fingerprint density at radius 2 is 1.80 bits per heavy atom. The lowest BCUT2D eigenvalue weighted by molar-refractivity contribution is -0.149. The number of nitrogens with one attached hydrogen (secondary N) is 2. The third-order valence-corrected chi connectivity index (χ3v) is 8.29. The number of pyridine rings is 1. The standard InChI is InChI=1S/C28H37Cl2F3N4O4/c1-4-41-26(40)17-5-7-18(8-6-17)36-24(28(31,32)33)19(11-34)25(39)37(14-16-9-27(2,3)10-16)15-22(38)23-20(29)12-35-13-21(23)30/h11-13,16-18,22,34,36,38H,4-10,14-15H2,1-3H3/b24-19+,34-11?/t17-,18-,22?. The Hall–Kier alpha value is -2.37. The van der Waals surface area contributed by atoms with Crippen molar-refractivity contribution in [2.24, 2.45) is 17.3 Å².